The van der Waals surface area contributed by atoms with Gasteiger partial charge in [0.05, 0.1) is 6.26 Å². The molecule has 0 N–H and O–H groups in total. The van der Waals surface area contributed by atoms with E-state index in [9.17, 15) is 18.0 Å². The van der Waals surface area contributed by atoms with Crippen molar-refractivity contribution >= 4 is 5.97 Å². The van der Waals surface area contributed by atoms with Crippen LogP contribution in [0.3, 0.4) is 0 Å². The fourth-order valence-electron chi connectivity index (χ4n) is 0.808. The molecule has 1 atom stereocenters. The summed E-state index contributed by atoms with van der Waals surface area (Å²) >= 11 is 0. The van der Waals surface area contributed by atoms with Crippen molar-refractivity contribution in [2.45, 2.75) is 19.2 Å². The highest BCUT2D eigenvalue weighted by Crippen LogP contribution is 2.23. The summed E-state index contributed by atoms with van der Waals surface area (Å²) in [6, 6.07) is 2.92. The van der Waals surface area contributed by atoms with E-state index >= 15 is 0 Å². The van der Waals surface area contributed by atoms with Gasteiger partial charge in [0, 0.05) is 0 Å². The monoisotopic (exact) mass is 208 g/mol. The Kier molecular flexibility index (Phi) is 2.83. The van der Waals surface area contributed by atoms with Crippen LogP contribution in [0.2, 0.25) is 0 Å². The van der Waals surface area contributed by atoms with Crippen molar-refractivity contribution in [2.75, 3.05) is 0 Å². The van der Waals surface area contributed by atoms with Gasteiger partial charge in [-0.05, 0) is 19.1 Å². The van der Waals surface area contributed by atoms with E-state index in [-0.39, 0.29) is 5.76 Å². The smallest absolute Gasteiger partial charge is 0.465 e. The molecule has 0 fully saturated rings. The molecule has 3 nitrogen and oxygen atoms in total. The zero-order valence-electron chi connectivity index (χ0n) is 7.17. The summed E-state index contributed by atoms with van der Waals surface area (Å²) < 4.78 is 44.1. The minimum Gasteiger partial charge on any atom is -0.465 e. The molecule has 0 aliphatic carbocycles. The number of esters is 1. The van der Waals surface area contributed by atoms with Gasteiger partial charge in [0.25, 0.3) is 0 Å². The third-order valence-corrected chi connectivity index (χ3v) is 1.46. The standard InChI is InChI=1S/C8H7F3O3/c1-5(6-3-2-4-13-6)14-7(12)8(9,10)11/h2-5H,1H3. The molecule has 1 rings (SSSR count). The summed E-state index contributed by atoms with van der Waals surface area (Å²) in [7, 11) is 0. The predicted molar refractivity (Wildman–Crippen MR) is 39.3 cm³/mol. The van der Waals surface area contributed by atoms with Crippen molar-refractivity contribution in [1.29, 1.82) is 0 Å². The summed E-state index contributed by atoms with van der Waals surface area (Å²) in [4.78, 5) is 10.4. The number of carbonyl (C=O) groups excluding carboxylic acids is 1. The minimum absolute atomic E-state index is 0.169. The number of carbonyl (C=O) groups is 1. The Morgan fingerprint density at radius 3 is 2.64 bits per heavy atom. The summed E-state index contributed by atoms with van der Waals surface area (Å²) in [5.74, 6) is -2.05. The normalized spacial score (nSPS) is 13.7. The number of halogens is 3. The second-order valence-corrected chi connectivity index (χ2v) is 2.56. The molecule has 1 unspecified atom stereocenters. The number of hydrogen-bond acceptors (Lipinski definition) is 3. The maximum Gasteiger partial charge on any atom is 0.490 e. The van der Waals surface area contributed by atoms with E-state index in [1.54, 1.807) is 0 Å². The summed E-state index contributed by atoms with van der Waals surface area (Å²) in [6.07, 6.45) is -4.73. The number of alkyl halides is 3. The van der Waals surface area contributed by atoms with Crippen LogP contribution in [-0.4, -0.2) is 12.1 Å². The van der Waals surface area contributed by atoms with Crippen LogP contribution in [0.4, 0.5) is 13.2 Å². The predicted octanol–water partition coefficient (Wildman–Crippen LogP) is 2.45. The molecule has 1 heterocycles. The lowest BCUT2D eigenvalue weighted by Crippen LogP contribution is -2.26. The topological polar surface area (TPSA) is 39.4 Å². The van der Waals surface area contributed by atoms with Crippen molar-refractivity contribution in [2.24, 2.45) is 0 Å². The molecule has 0 amide bonds. The molecule has 0 aliphatic heterocycles. The molecule has 0 radical (unpaired) electrons. The average molecular weight is 208 g/mol. The largest absolute Gasteiger partial charge is 0.490 e. The molecular weight excluding hydrogens is 201 g/mol. The molecule has 0 spiro atoms. The van der Waals surface area contributed by atoms with Gasteiger partial charge in [-0.25, -0.2) is 4.79 Å². The molecule has 0 saturated heterocycles. The minimum atomic E-state index is -4.97. The van der Waals surface area contributed by atoms with E-state index in [1.807, 2.05) is 0 Å². The quantitative estimate of drug-likeness (QED) is 0.700. The van der Waals surface area contributed by atoms with Crippen LogP contribution in [-0.2, 0) is 9.53 Å². The summed E-state index contributed by atoms with van der Waals surface area (Å²) in [6.45, 7) is 1.29. The first-order chi connectivity index (χ1) is 6.41. The Balaban J connectivity index is 2.58. The van der Waals surface area contributed by atoms with Gasteiger partial charge in [-0.2, -0.15) is 13.2 Å². The van der Waals surface area contributed by atoms with E-state index in [0.717, 1.165) is 0 Å². The molecule has 14 heavy (non-hydrogen) atoms. The first kappa shape index (κ1) is 10.6. The average Bonchev–Trinajstić information content (AvgIpc) is 2.53. The van der Waals surface area contributed by atoms with Crippen molar-refractivity contribution in [3.05, 3.63) is 24.2 Å². The van der Waals surface area contributed by atoms with Crippen molar-refractivity contribution in [3.8, 4) is 0 Å². The molecule has 0 aromatic carbocycles. The van der Waals surface area contributed by atoms with E-state index in [1.165, 1.54) is 25.3 Å². The Labute approximate surface area is 77.5 Å². The Bertz CT molecular complexity index is 302. The number of rotatable bonds is 2. The number of hydrogen-bond donors (Lipinski definition) is 0. The van der Waals surface area contributed by atoms with Crippen molar-refractivity contribution in [1.82, 2.24) is 0 Å². The van der Waals surface area contributed by atoms with E-state index in [2.05, 4.69) is 4.74 Å². The van der Waals surface area contributed by atoms with Gasteiger partial charge in [0.1, 0.15) is 5.76 Å². The van der Waals surface area contributed by atoms with Crippen molar-refractivity contribution in [3.63, 3.8) is 0 Å². The summed E-state index contributed by atoms with van der Waals surface area (Å²) in [5.41, 5.74) is 0. The van der Waals surface area contributed by atoms with Crippen LogP contribution in [0.15, 0.2) is 22.8 Å². The lowest BCUT2D eigenvalue weighted by atomic mass is 10.3. The van der Waals surface area contributed by atoms with Crippen LogP contribution < -0.4 is 0 Å². The molecule has 1 aromatic rings. The van der Waals surface area contributed by atoms with Crippen LogP contribution in [0.25, 0.3) is 0 Å². The fraction of sp³-hybridized carbons (Fsp3) is 0.375. The second-order valence-electron chi connectivity index (χ2n) is 2.56. The molecule has 78 valence electrons. The molecule has 1 aromatic heterocycles. The maximum atomic E-state index is 11.7. The highest BCUT2D eigenvalue weighted by molar-refractivity contribution is 5.75. The lowest BCUT2D eigenvalue weighted by Gasteiger charge is -2.11. The van der Waals surface area contributed by atoms with Crippen LogP contribution in [0.1, 0.15) is 18.8 Å². The maximum absolute atomic E-state index is 11.7. The highest BCUT2D eigenvalue weighted by Gasteiger charge is 2.42. The number of ether oxygens (including phenoxy) is 1. The Morgan fingerprint density at radius 2 is 2.21 bits per heavy atom. The summed E-state index contributed by atoms with van der Waals surface area (Å²) in [5, 5.41) is 0. The SMILES string of the molecule is CC(OC(=O)C(F)(F)F)c1ccco1. The van der Waals surface area contributed by atoms with Crippen molar-refractivity contribution < 1.29 is 27.1 Å². The van der Waals surface area contributed by atoms with E-state index < -0.39 is 18.2 Å². The van der Waals surface area contributed by atoms with Gasteiger partial charge >= 0.3 is 12.1 Å². The first-order valence-corrected chi connectivity index (χ1v) is 3.72. The fourth-order valence-corrected chi connectivity index (χ4v) is 0.808. The Hall–Kier alpha value is -1.46. The Morgan fingerprint density at radius 1 is 1.57 bits per heavy atom. The molecule has 0 aliphatic rings. The molecule has 0 bridgehead atoms. The van der Waals surface area contributed by atoms with Gasteiger partial charge in [0.2, 0.25) is 0 Å². The first-order valence-electron chi connectivity index (χ1n) is 3.72. The lowest BCUT2D eigenvalue weighted by molar-refractivity contribution is -0.205. The molecular formula is C8H7F3O3. The van der Waals surface area contributed by atoms with E-state index in [4.69, 9.17) is 4.42 Å². The number of furan rings is 1. The van der Waals surface area contributed by atoms with Gasteiger partial charge in [0.15, 0.2) is 6.10 Å². The zero-order chi connectivity index (χ0) is 10.8. The van der Waals surface area contributed by atoms with Gasteiger partial charge in [-0.3, -0.25) is 0 Å². The highest BCUT2D eigenvalue weighted by atomic mass is 19.4. The van der Waals surface area contributed by atoms with E-state index in [0.29, 0.717) is 0 Å². The van der Waals surface area contributed by atoms with Gasteiger partial charge in [-0.1, -0.05) is 0 Å². The van der Waals surface area contributed by atoms with Gasteiger partial charge < -0.3 is 9.15 Å². The second kappa shape index (κ2) is 3.73. The third-order valence-electron chi connectivity index (χ3n) is 1.46. The zero-order valence-corrected chi connectivity index (χ0v) is 7.17. The van der Waals surface area contributed by atoms with Crippen LogP contribution >= 0.6 is 0 Å². The van der Waals surface area contributed by atoms with Gasteiger partial charge in [-0.15, -0.1) is 0 Å². The third kappa shape index (κ3) is 2.51. The molecule has 0 saturated carbocycles. The van der Waals surface area contributed by atoms with Crippen LogP contribution in [0.5, 0.6) is 0 Å². The molecule has 6 heteroatoms. The van der Waals surface area contributed by atoms with Crippen LogP contribution in [0, 0.1) is 0 Å².